The zero-order chi connectivity index (χ0) is 20.5. The van der Waals surface area contributed by atoms with E-state index in [2.05, 4.69) is 0 Å². The second-order valence-corrected chi connectivity index (χ2v) is 5.78. The maximum Gasteiger partial charge on any atom is 0.439 e. The fourth-order valence-corrected chi connectivity index (χ4v) is 2.29. The molecule has 27 heavy (non-hydrogen) atoms. The van der Waals surface area contributed by atoms with Crippen LogP contribution in [0.1, 0.15) is 10.4 Å². The van der Waals surface area contributed by atoms with Gasteiger partial charge in [0.05, 0.1) is 0 Å². The van der Waals surface area contributed by atoms with E-state index < -0.39 is 41.0 Å². The number of anilines is 1. The van der Waals surface area contributed by atoms with Crippen LogP contribution in [0.2, 0.25) is 5.02 Å². The van der Waals surface area contributed by atoms with Crippen LogP contribution in [0.5, 0.6) is 0 Å². The van der Waals surface area contributed by atoms with Gasteiger partial charge in [-0.05, 0) is 42.5 Å². The molecular weight excluding hydrogens is 405 g/mol. The van der Waals surface area contributed by atoms with E-state index in [0.717, 1.165) is 17.4 Å². The van der Waals surface area contributed by atoms with Gasteiger partial charge >= 0.3 is 18.0 Å². The average Bonchev–Trinajstić information content (AvgIpc) is 2.54. The Morgan fingerprint density at radius 2 is 1.44 bits per heavy atom. The van der Waals surface area contributed by atoms with Crippen molar-refractivity contribution in [1.82, 2.24) is 5.32 Å². The molecule has 0 aliphatic carbocycles. The normalized spacial score (nSPS) is 12.6. The summed E-state index contributed by atoms with van der Waals surface area (Å²) >= 11 is 5.61. The lowest BCUT2D eigenvalue weighted by atomic mass is 10.1. The zero-order valence-electron chi connectivity index (χ0n) is 13.1. The molecule has 0 atom stereocenters. The summed E-state index contributed by atoms with van der Waals surface area (Å²) in [4.78, 5) is 12.1. The van der Waals surface area contributed by atoms with Crippen molar-refractivity contribution in [1.29, 1.82) is 0 Å². The van der Waals surface area contributed by atoms with Gasteiger partial charge in [0.2, 0.25) is 0 Å². The number of hydrogen-bond donors (Lipinski definition) is 2. The highest BCUT2D eigenvalue weighted by Gasteiger charge is 2.72. The number of hydrogen-bond acceptors (Lipinski definition) is 2. The van der Waals surface area contributed by atoms with Crippen molar-refractivity contribution in [3.8, 4) is 0 Å². The van der Waals surface area contributed by atoms with E-state index in [4.69, 9.17) is 11.6 Å². The Labute approximate surface area is 153 Å². The molecule has 0 heterocycles. The molecule has 2 N–H and O–H groups in total. The van der Waals surface area contributed by atoms with Crippen molar-refractivity contribution >= 4 is 23.2 Å². The molecule has 2 aromatic rings. The maximum atomic E-state index is 13.5. The number of alkyl halides is 6. The molecule has 3 nitrogen and oxygen atoms in total. The lowest BCUT2D eigenvalue weighted by Crippen LogP contribution is -2.72. The largest absolute Gasteiger partial charge is 0.439 e. The molecule has 0 aliphatic heterocycles. The Bertz CT molecular complexity index is 805. The van der Waals surface area contributed by atoms with Crippen molar-refractivity contribution in [3.05, 3.63) is 64.9 Å². The SMILES string of the molecule is O=C(NC(Nc1ccc(F)cc1)(C(F)(F)F)C(F)(F)F)c1cccc(Cl)c1. The van der Waals surface area contributed by atoms with Crippen LogP contribution in [0.3, 0.4) is 0 Å². The van der Waals surface area contributed by atoms with E-state index in [-0.39, 0.29) is 5.02 Å². The van der Waals surface area contributed by atoms with Gasteiger partial charge in [0.15, 0.2) is 0 Å². The third kappa shape index (κ3) is 4.44. The molecule has 0 radical (unpaired) electrons. The van der Waals surface area contributed by atoms with Crippen LogP contribution in [0.15, 0.2) is 48.5 Å². The molecule has 1 amide bonds. The highest BCUT2D eigenvalue weighted by molar-refractivity contribution is 6.30. The predicted octanol–water partition coefficient (Wildman–Crippen LogP) is 5.14. The quantitative estimate of drug-likeness (QED) is 0.537. The first kappa shape index (κ1) is 20.8. The predicted molar refractivity (Wildman–Crippen MR) is 83.8 cm³/mol. The second kappa shape index (κ2) is 7.26. The Hall–Kier alpha value is -2.49. The minimum absolute atomic E-state index is 0.0567. The highest BCUT2D eigenvalue weighted by Crippen LogP contribution is 2.43. The van der Waals surface area contributed by atoms with Gasteiger partial charge in [0.25, 0.3) is 5.91 Å². The number of carbonyl (C=O) groups is 1. The highest BCUT2D eigenvalue weighted by atomic mass is 35.5. The van der Waals surface area contributed by atoms with E-state index in [9.17, 15) is 35.5 Å². The van der Waals surface area contributed by atoms with E-state index in [1.807, 2.05) is 0 Å². The lowest BCUT2D eigenvalue weighted by molar-refractivity contribution is -0.294. The van der Waals surface area contributed by atoms with Gasteiger partial charge in [0, 0.05) is 16.3 Å². The van der Waals surface area contributed by atoms with Crippen molar-refractivity contribution in [2.24, 2.45) is 0 Å². The molecule has 2 rings (SSSR count). The van der Waals surface area contributed by atoms with E-state index in [1.165, 1.54) is 17.4 Å². The van der Waals surface area contributed by atoms with Crippen LogP contribution in [0.25, 0.3) is 0 Å². The molecule has 0 unspecified atom stereocenters. The molecular formula is C16H10ClF7N2O. The lowest BCUT2D eigenvalue weighted by Gasteiger charge is -2.39. The Morgan fingerprint density at radius 3 is 1.93 bits per heavy atom. The Balaban J connectivity index is 2.51. The van der Waals surface area contributed by atoms with Crippen LogP contribution in [0, 0.1) is 5.82 Å². The summed E-state index contributed by atoms with van der Waals surface area (Å²) in [5.41, 5.74) is -6.05. The summed E-state index contributed by atoms with van der Waals surface area (Å²) in [5.74, 6) is -2.53. The first-order valence-corrected chi connectivity index (χ1v) is 7.49. The molecule has 146 valence electrons. The Kier molecular flexibility index (Phi) is 5.60. The molecule has 0 saturated carbocycles. The number of carbonyl (C=O) groups excluding carboxylic acids is 1. The van der Waals surface area contributed by atoms with Crippen molar-refractivity contribution in [2.45, 2.75) is 18.0 Å². The first-order chi connectivity index (χ1) is 12.4. The van der Waals surface area contributed by atoms with Crippen LogP contribution < -0.4 is 10.6 Å². The summed E-state index contributed by atoms with van der Waals surface area (Å²) in [6, 6.07) is 7.06. The molecule has 0 aromatic heterocycles. The third-order valence-corrected chi connectivity index (χ3v) is 3.65. The van der Waals surface area contributed by atoms with Crippen molar-refractivity contribution < 1.29 is 35.5 Å². The maximum absolute atomic E-state index is 13.5. The van der Waals surface area contributed by atoms with Crippen LogP contribution in [-0.4, -0.2) is 23.9 Å². The number of rotatable bonds is 4. The first-order valence-electron chi connectivity index (χ1n) is 7.11. The minimum Gasteiger partial charge on any atom is -0.348 e. The van der Waals surface area contributed by atoms with Crippen molar-refractivity contribution in [3.63, 3.8) is 0 Å². The van der Waals surface area contributed by atoms with Crippen molar-refractivity contribution in [2.75, 3.05) is 5.32 Å². The summed E-state index contributed by atoms with van der Waals surface area (Å²) in [5, 5.41) is 2.14. The summed E-state index contributed by atoms with van der Waals surface area (Å²) in [6.07, 6.45) is -12.0. The van der Waals surface area contributed by atoms with Gasteiger partial charge in [-0.2, -0.15) is 26.3 Å². The summed E-state index contributed by atoms with van der Waals surface area (Å²) in [6.45, 7) is 0. The smallest absolute Gasteiger partial charge is 0.348 e. The number of halogens is 8. The topological polar surface area (TPSA) is 41.1 Å². The van der Waals surface area contributed by atoms with Gasteiger partial charge in [-0.3, -0.25) is 4.79 Å². The standard InChI is InChI=1S/C16H10ClF7N2O/c17-10-3-1-2-9(8-10)13(27)26-14(15(19,20)21,16(22,23)24)25-12-6-4-11(18)5-7-12/h1-8,25H,(H,26,27). The van der Waals surface area contributed by atoms with Gasteiger partial charge in [-0.1, -0.05) is 17.7 Å². The fourth-order valence-electron chi connectivity index (χ4n) is 2.10. The molecule has 0 saturated heterocycles. The third-order valence-electron chi connectivity index (χ3n) is 3.41. The summed E-state index contributed by atoms with van der Waals surface area (Å²) < 4.78 is 93.9. The van der Waals surface area contributed by atoms with E-state index in [0.29, 0.717) is 24.3 Å². The van der Waals surface area contributed by atoms with Gasteiger partial charge in [0.1, 0.15) is 5.82 Å². The number of amides is 1. The van der Waals surface area contributed by atoms with E-state index in [1.54, 1.807) is 0 Å². The fraction of sp³-hybridized carbons (Fsp3) is 0.188. The number of nitrogens with one attached hydrogen (secondary N) is 2. The molecule has 0 spiro atoms. The molecule has 2 aromatic carbocycles. The minimum atomic E-state index is -5.99. The zero-order valence-corrected chi connectivity index (χ0v) is 13.8. The van der Waals surface area contributed by atoms with Crippen LogP contribution >= 0.6 is 11.6 Å². The van der Waals surface area contributed by atoms with Gasteiger partial charge < -0.3 is 10.6 Å². The number of benzene rings is 2. The van der Waals surface area contributed by atoms with Gasteiger partial charge in [-0.15, -0.1) is 0 Å². The van der Waals surface area contributed by atoms with Gasteiger partial charge in [-0.25, -0.2) is 4.39 Å². The van der Waals surface area contributed by atoms with Crippen LogP contribution in [-0.2, 0) is 0 Å². The molecule has 0 aliphatic rings. The van der Waals surface area contributed by atoms with Crippen LogP contribution in [0.4, 0.5) is 36.4 Å². The molecule has 0 fully saturated rings. The Morgan fingerprint density at radius 1 is 0.889 bits per heavy atom. The monoisotopic (exact) mass is 414 g/mol. The van der Waals surface area contributed by atoms with E-state index >= 15 is 0 Å². The molecule has 0 bridgehead atoms. The second-order valence-electron chi connectivity index (χ2n) is 5.34. The summed E-state index contributed by atoms with van der Waals surface area (Å²) in [7, 11) is 0. The average molecular weight is 415 g/mol. The molecule has 11 heteroatoms.